The van der Waals surface area contributed by atoms with Gasteiger partial charge in [0.1, 0.15) is 11.6 Å². The quantitative estimate of drug-likeness (QED) is 0.598. The first-order valence-corrected chi connectivity index (χ1v) is 10.1. The number of benzene rings is 1. The van der Waals surface area contributed by atoms with E-state index in [0.29, 0.717) is 23.6 Å². The number of para-hydroxylation sites is 1. The van der Waals surface area contributed by atoms with E-state index in [1.807, 2.05) is 17.0 Å². The van der Waals surface area contributed by atoms with Crippen molar-refractivity contribution in [2.75, 3.05) is 18.8 Å². The van der Waals surface area contributed by atoms with Gasteiger partial charge in [-0.2, -0.15) is 0 Å². The molecule has 1 unspecified atom stereocenters. The fourth-order valence-corrected chi connectivity index (χ4v) is 5.06. The van der Waals surface area contributed by atoms with Gasteiger partial charge in [0.25, 0.3) is 0 Å². The van der Waals surface area contributed by atoms with Crippen LogP contribution < -0.4 is 11.5 Å². The Morgan fingerprint density at radius 2 is 2.03 bits per heavy atom. The number of phenolic OH excluding ortho intramolecular Hbond substituents is 1. The van der Waals surface area contributed by atoms with E-state index >= 15 is 0 Å². The molecule has 1 aliphatic heterocycles. The molecule has 1 atom stereocenters. The SMILES string of the molecule is C=CC(=O)N1CC(c2cc(/C=C(\N)c3ccccc3O)c(N)[nH]2)C2(CCCC2)C1. The standard InChI is InChI=1S/C23H28N4O2/c1-2-21(29)27-13-17(23(14-27)9-5-6-10-23)19-12-15(22(25)26-19)11-18(24)16-7-3-4-8-20(16)28/h2-4,7-8,11-12,17,26,28H,1,5-6,9-10,13-14,24-25H2/b18-11-. The number of aromatic nitrogens is 1. The van der Waals surface area contributed by atoms with Gasteiger partial charge in [-0.1, -0.05) is 31.6 Å². The number of H-pyrrole nitrogens is 1. The molecule has 1 saturated heterocycles. The predicted octanol–water partition coefficient (Wildman–Crippen LogP) is 3.43. The summed E-state index contributed by atoms with van der Waals surface area (Å²) < 4.78 is 0. The van der Waals surface area contributed by atoms with Gasteiger partial charge in [0.2, 0.25) is 5.91 Å². The molecule has 29 heavy (non-hydrogen) atoms. The van der Waals surface area contributed by atoms with Gasteiger partial charge >= 0.3 is 0 Å². The van der Waals surface area contributed by atoms with Crippen LogP contribution in [0.3, 0.4) is 0 Å². The van der Waals surface area contributed by atoms with Crippen LogP contribution in [0, 0.1) is 5.41 Å². The van der Waals surface area contributed by atoms with Crippen molar-refractivity contribution >= 4 is 23.5 Å². The molecule has 6 N–H and O–H groups in total. The average molecular weight is 393 g/mol. The Bertz CT molecular complexity index is 969. The van der Waals surface area contributed by atoms with E-state index in [0.717, 1.165) is 30.6 Å². The van der Waals surface area contributed by atoms with Crippen molar-refractivity contribution in [3.63, 3.8) is 0 Å². The van der Waals surface area contributed by atoms with Gasteiger partial charge in [0.05, 0.1) is 0 Å². The maximum absolute atomic E-state index is 12.3. The van der Waals surface area contributed by atoms with Crippen LogP contribution in [0.25, 0.3) is 11.8 Å². The lowest BCUT2D eigenvalue weighted by Crippen LogP contribution is -2.29. The fraction of sp³-hybridized carbons (Fsp3) is 0.348. The Balaban J connectivity index is 1.66. The zero-order valence-corrected chi connectivity index (χ0v) is 16.5. The molecule has 1 amide bonds. The Morgan fingerprint density at radius 3 is 2.72 bits per heavy atom. The molecule has 4 rings (SSSR count). The van der Waals surface area contributed by atoms with Gasteiger partial charge in [0, 0.05) is 41.5 Å². The fourth-order valence-electron chi connectivity index (χ4n) is 5.06. The molecular weight excluding hydrogens is 364 g/mol. The second kappa shape index (κ2) is 7.35. The third-order valence-corrected chi connectivity index (χ3v) is 6.54. The smallest absolute Gasteiger partial charge is 0.245 e. The molecule has 1 aromatic carbocycles. The molecule has 6 heteroatoms. The molecule has 152 valence electrons. The predicted molar refractivity (Wildman–Crippen MR) is 116 cm³/mol. The van der Waals surface area contributed by atoms with Gasteiger partial charge in [0.15, 0.2) is 0 Å². The highest BCUT2D eigenvalue weighted by Crippen LogP contribution is 2.53. The van der Waals surface area contributed by atoms with Gasteiger partial charge in [-0.3, -0.25) is 4.79 Å². The number of aromatic amines is 1. The molecule has 1 spiro atoms. The number of hydrogen-bond acceptors (Lipinski definition) is 4. The summed E-state index contributed by atoms with van der Waals surface area (Å²) in [6, 6.07) is 9.00. The third-order valence-electron chi connectivity index (χ3n) is 6.54. The molecule has 2 aliphatic rings. The Hall–Kier alpha value is -3.15. The summed E-state index contributed by atoms with van der Waals surface area (Å²) in [5, 5.41) is 10.0. The first kappa shape index (κ1) is 19.2. The minimum absolute atomic E-state index is 0.0118. The number of likely N-dealkylation sites (tertiary alicyclic amines) is 1. The van der Waals surface area contributed by atoms with Crippen molar-refractivity contribution in [2.45, 2.75) is 31.6 Å². The minimum atomic E-state index is -0.0118. The topological polar surface area (TPSA) is 108 Å². The number of rotatable bonds is 4. The highest BCUT2D eigenvalue weighted by Gasteiger charge is 2.50. The monoisotopic (exact) mass is 392 g/mol. The first-order valence-electron chi connectivity index (χ1n) is 10.1. The summed E-state index contributed by atoms with van der Waals surface area (Å²) in [6.07, 6.45) is 7.79. The lowest BCUT2D eigenvalue weighted by atomic mass is 9.75. The molecule has 1 aromatic heterocycles. The summed E-state index contributed by atoms with van der Waals surface area (Å²) in [6.45, 7) is 5.08. The number of hydrogen-bond donors (Lipinski definition) is 4. The van der Waals surface area contributed by atoms with E-state index in [2.05, 4.69) is 11.6 Å². The van der Waals surface area contributed by atoms with Crippen LogP contribution in [-0.4, -0.2) is 34.0 Å². The summed E-state index contributed by atoms with van der Waals surface area (Å²) in [5.41, 5.74) is 15.4. The largest absolute Gasteiger partial charge is 0.507 e. The minimum Gasteiger partial charge on any atom is -0.507 e. The first-order chi connectivity index (χ1) is 13.9. The Kier molecular flexibility index (Phi) is 4.86. The summed E-state index contributed by atoms with van der Waals surface area (Å²) >= 11 is 0. The zero-order valence-electron chi connectivity index (χ0n) is 16.5. The van der Waals surface area contributed by atoms with E-state index in [1.54, 1.807) is 24.3 Å². The van der Waals surface area contributed by atoms with E-state index in [-0.39, 0.29) is 23.0 Å². The molecule has 2 aromatic rings. The van der Waals surface area contributed by atoms with Crippen LogP contribution in [0.2, 0.25) is 0 Å². The van der Waals surface area contributed by atoms with Crippen LogP contribution in [0.4, 0.5) is 5.82 Å². The number of aromatic hydroxyl groups is 1. The zero-order chi connectivity index (χ0) is 20.6. The third kappa shape index (κ3) is 3.39. The highest BCUT2D eigenvalue weighted by molar-refractivity contribution is 5.87. The average Bonchev–Trinajstić information content (AvgIpc) is 3.42. The summed E-state index contributed by atoms with van der Waals surface area (Å²) in [4.78, 5) is 17.5. The maximum atomic E-state index is 12.3. The van der Waals surface area contributed by atoms with E-state index in [4.69, 9.17) is 11.5 Å². The van der Waals surface area contributed by atoms with Crippen molar-refractivity contribution in [3.8, 4) is 5.75 Å². The maximum Gasteiger partial charge on any atom is 0.245 e. The van der Waals surface area contributed by atoms with E-state index in [9.17, 15) is 9.90 Å². The number of carbonyl (C=O) groups excluding carboxylic acids is 1. The molecule has 0 bridgehead atoms. The second-order valence-corrected chi connectivity index (χ2v) is 8.26. The van der Waals surface area contributed by atoms with Crippen LogP contribution in [0.1, 0.15) is 48.4 Å². The van der Waals surface area contributed by atoms with Gasteiger partial charge in [-0.05, 0) is 48.6 Å². The van der Waals surface area contributed by atoms with Crippen LogP contribution in [-0.2, 0) is 4.79 Å². The molecule has 0 radical (unpaired) electrons. The lowest BCUT2D eigenvalue weighted by Gasteiger charge is -2.29. The number of nitrogens with zero attached hydrogens (tertiary/aromatic N) is 1. The van der Waals surface area contributed by atoms with E-state index < -0.39 is 0 Å². The number of phenols is 1. The Labute approximate surface area is 170 Å². The van der Waals surface area contributed by atoms with E-state index in [1.165, 1.54) is 18.9 Å². The van der Waals surface area contributed by atoms with Crippen molar-refractivity contribution in [3.05, 3.63) is 59.8 Å². The molecule has 1 aliphatic carbocycles. The number of nitrogens with two attached hydrogens (primary N) is 2. The normalized spacial score (nSPS) is 21.0. The number of anilines is 1. The molecule has 2 fully saturated rings. The number of nitrogens with one attached hydrogen (secondary N) is 1. The summed E-state index contributed by atoms with van der Waals surface area (Å²) in [7, 11) is 0. The van der Waals surface area contributed by atoms with Gasteiger partial charge in [-0.15, -0.1) is 0 Å². The number of nitrogen functional groups attached to an aromatic ring is 1. The van der Waals surface area contributed by atoms with Crippen molar-refractivity contribution < 1.29 is 9.90 Å². The second-order valence-electron chi connectivity index (χ2n) is 8.26. The van der Waals surface area contributed by atoms with Crippen molar-refractivity contribution in [1.29, 1.82) is 0 Å². The highest BCUT2D eigenvalue weighted by atomic mass is 16.3. The van der Waals surface area contributed by atoms with Crippen LogP contribution in [0.15, 0.2) is 43.0 Å². The van der Waals surface area contributed by atoms with Crippen molar-refractivity contribution in [2.24, 2.45) is 11.1 Å². The number of carbonyl (C=O) groups is 1. The molecule has 2 heterocycles. The molecule has 1 saturated carbocycles. The van der Waals surface area contributed by atoms with Crippen LogP contribution in [0.5, 0.6) is 5.75 Å². The lowest BCUT2D eigenvalue weighted by molar-refractivity contribution is -0.125. The van der Waals surface area contributed by atoms with Crippen LogP contribution >= 0.6 is 0 Å². The molecular formula is C23H28N4O2. The summed E-state index contributed by atoms with van der Waals surface area (Å²) in [5.74, 6) is 0.877. The van der Waals surface area contributed by atoms with Crippen molar-refractivity contribution in [1.82, 2.24) is 9.88 Å². The van der Waals surface area contributed by atoms with Gasteiger partial charge < -0.3 is 26.5 Å². The number of amides is 1. The van der Waals surface area contributed by atoms with Gasteiger partial charge in [-0.25, -0.2) is 0 Å². The molecule has 6 nitrogen and oxygen atoms in total. The Morgan fingerprint density at radius 1 is 1.31 bits per heavy atom.